The number of hydrogen-bond donors (Lipinski definition) is 0. The molecule has 32 heavy (non-hydrogen) atoms. The standard InChI is InChI=1S/C27H36N2O3/c1-19-14-23-10-13-29(27(30)24(23)15-20(19)2)18-22-6-5-11-28(17-22)12-9-21-7-8-25(31-3)26(16-21)32-4/h7-8,14-16,22H,5-6,9-13,17-18H2,1-4H3. The molecule has 1 unspecified atom stereocenters. The molecule has 0 bridgehead atoms. The first kappa shape index (κ1) is 22.7. The number of likely N-dealkylation sites (tertiary alicyclic amines) is 1. The lowest BCUT2D eigenvalue weighted by Crippen LogP contribution is -2.45. The van der Waals surface area contributed by atoms with Crippen LogP contribution >= 0.6 is 0 Å². The zero-order valence-corrected chi connectivity index (χ0v) is 19.9. The molecule has 4 rings (SSSR count). The molecule has 1 fully saturated rings. The Bertz CT molecular complexity index is 972. The van der Waals surface area contributed by atoms with E-state index in [2.05, 4.69) is 47.9 Å². The van der Waals surface area contributed by atoms with Crippen molar-refractivity contribution in [1.82, 2.24) is 9.80 Å². The molecule has 0 saturated carbocycles. The molecule has 1 atom stereocenters. The van der Waals surface area contributed by atoms with Crippen LogP contribution in [0.2, 0.25) is 0 Å². The Morgan fingerprint density at radius 3 is 2.56 bits per heavy atom. The van der Waals surface area contributed by atoms with Crippen molar-refractivity contribution in [2.75, 3.05) is 46.9 Å². The lowest BCUT2D eigenvalue weighted by molar-refractivity contribution is 0.0662. The first-order valence-corrected chi connectivity index (χ1v) is 11.8. The van der Waals surface area contributed by atoms with Crippen LogP contribution in [0.1, 0.15) is 45.5 Å². The zero-order valence-electron chi connectivity index (χ0n) is 19.9. The summed E-state index contributed by atoms with van der Waals surface area (Å²) in [4.78, 5) is 17.8. The molecule has 0 radical (unpaired) electrons. The maximum atomic E-state index is 13.1. The number of carbonyl (C=O) groups excluding carboxylic acids is 1. The predicted molar refractivity (Wildman–Crippen MR) is 128 cm³/mol. The molecule has 2 aliphatic heterocycles. The van der Waals surface area contributed by atoms with E-state index in [1.54, 1.807) is 14.2 Å². The van der Waals surface area contributed by atoms with Gasteiger partial charge in [-0.3, -0.25) is 4.79 Å². The van der Waals surface area contributed by atoms with Crippen molar-refractivity contribution in [3.05, 3.63) is 58.1 Å². The number of aryl methyl sites for hydroxylation is 2. The van der Waals surface area contributed by atoms with Gasteiger partial charge in [0.05, 0.1) is 14.2 Å². The Morgan fingerprint density at radius 1 is 1.00 bits per heavy atom. The molecular formula is C27H36N2O3. The summed E-state index contributed by atoms with van der Waals surface area (Å²) in [5.74, 6) is 2.33. The summed E-state index contributed by atoms with van der Waals surface area (Å²) in [5, 5.41) is 0. The minimum absolute atomic E-state index is 0.219. The van der Waals surface area contributed by atoms with Gasteiger partial charge >= 0.3 is 0 Å². The average molecular weight is 437 g/mol. The highest BCUT2D eigenvalue weighted by molar-refractivity contribution is 5.97. The monoisotopic (exact) mass is 436 g/mol. The second-order valence-corrected chi connectivity index (χ2v) is 9.34. The van der Waals surface area contributed by atoms with Gasteiger partial charge in [-0.15, -0.1) is 0 Å². The summed E-state index contributed by atoms with van der Waals surface area (Å²) in [6, 6.07) is 10.5. The molecule has 2 aromatic rings. The lowest BCUT2D eigenvalue weighted by atomic mass is 9.92. The summed E-state index contributed by atoms with van der Waals surface area (Å²) in [6.45, 7) is 9.18. The summed E-state index contributed by atoms with van der Waals surface area (Å²) < 4.78 is 10.8. The Kier molecular flexibility index (Phi) is 7.04. The lowest BCUT2D eigenvalue weighted by Gasteiger charge is -2.37. The van der Waals surface area contributed by atoms with Gasteiger partial charge in [-0.05, 0) is 92.4 Å². The Morgan fingerprint density at radius 2 is 1.78 bits per heavy atom. The molecule has 0 aliphatic carbocycles. The topological polar surface area (TPSA) is 42.0 Å². The summed E-state index contributed by atoms with van der Waals surface area (Å²) in [5.41, 5.74) is 5.88. The van der Waals surface area contributed by atoms with Gasteiger partial charge in [-0.2, -0.15) is 0 Å². The number of ether oxygens (including phenoxy) is 2. The van der Waals surface area contributed by atoms with E-state index in [9.17, 15) is 4.79 Å². The van der Waals surface area contributed by atoms with Gasteiger partial charge in [0.1, 0.15) is 0 Å². The molecule has 0 aromatic heterocycles. The van der Waals surface area contributed by atoms with Crippen molar-refractivity contribution in [3.8, 4) is 11.5 Å². The fourth-order valence-electron chi connectivity index (χ4n) is 5.12. The van der Waals surface area contributed by atoms with Crippen LogP contribution in [0.5, 0.6) is 11.5 Å². The predicted octanol–water partition coefficient (Wildman–Crippen LogP) is 4.27. The van der Waals surface area contributed by atoms with Gasteiger partial charge in [0, 0.05) is 31.7 Å². The SMILES string of the molecule is COc1ccc(CCN2CCCC(CN3CCc4cc(C)c(C)cc4C3=O)C2)cc1OC. The van der Waals surface area contributed by atoms with E-state index in [4.69, 9.17) is 9.47 Å². The zero-order chi connectivity index (χ0) is 22.7. The molecule has 2 aromatic carbocycles. The third-order valence-corrected chi connectivity index (χ3v) is 7.13. The highest BCUT2D eigenvalue weighted by Gasteiger charge is 2.29. The van der Waals surface area contributed by atoms with Gasteiger partial charge < -0.3 is 19.3 Å². The molecule has 2 aliphatic rings. The maximum Gasteiger partial charge on any atom is 0.254 e. The fraction of sp³-hybridized carbons (Fsp3) is 0.519. The van der Waals surface area contributed by atoms with Gasteiger partial charge in [0.15, 0.2) is 11.5 Å². The van der Waals surface area contributed by atoms with Crippen molar-refractivity contribution in [1.29, 1.82) is 0 Å². The number of methoxy groups -OCH3 is 2. The van der Waals surface area contributed by atoms with Crippen LogP contribution in [0.3, 0.4) is 0 Å². The minimum Gasteiger partial charge on any atom is -0.493 e. The van der Waals surface area contributed by atoms with Crippen molar-refractivity contribution in [2.45, 2.75) is 39.5 Å². The smallest absolute Gasteiger partial charge is 0.254 e. The molecule has 5 heteroatoms. The number of nitrogens with zero attached hydrogens (tertiary/aromatic N) is 2. The van der Waals surface area contributed by atoms with Gasteiger partial charge in [-0.1, -0.05) is 12.1 Å². The van der Waals surface area contributed by atoms with Crippen LogP contribution in [0.15, 0.2) is 30.3 Å². The largest absolute Gasteiger partial charge is 0.493 e. The Hall–Kier alpha value is -2.53. The quantitative estimate of drug-likeness (QED) is 0.650. The van der Waals surface area contributed by atoms with Crippen molar-refractivity contribution >= 4 is 5.91 Å². The average Bonchev–Trinajstić information content (AvgIpc) is 2.81. The number of hydrogen-bond acceptors (Lipinski definition) is 4. The number of carbonyl (C=O) groups is 1. The summed E-state index contributed by atoms with van der Waals surface area (Å²) in [6.07, 6.45) is 4.36. The molecule has 0 N–H and O–H groups in total. The third-order valence-electron chi connectivity index (χ3n) is 7.13. The maximum absolute atomic E-state index is 13.1. The second kappa shape index (κ2) is 9.95. The van der Waals surface area contributed by atoms with Crippen LogP contribution in [0, 0.1) is 19.8 Å². The third kappa shape index (κ3) is 4.93. The number of rotatable bonds is 7. The molecular weight excluding hydrogens is 400 g/mol. The van der Waals surface area contributed by atoms with Gasteiger partial charge in [0.2, 0.25) is 0 Å². The van der Waals surface area contributed by atoms with Crippen LogP contribution in [0.4, 0.5) is 0 Å². The first-order chi connectivity index (χ1) is 15.5. The van der Waals surface area contributed by atoms with Crippen LogP contribution in [-0.4, -0.2) is 62.7 Å². The number of piperidine rings is 1. The van der Waals surface area contributed by atoms with Crippen molar-refractivity contribution in [2.24, 2.45) is 5.92 Å². The van der Waals surface area contributed by atoms with E-state index in [0.717, 1.165) is 62.6 Å². The van der Waals surface area contributed by atoms with Crippen LogP contribution < -0.4 is 9.47 Å². The van der Waals surface area contributed by atoms with E-state index in [0.29, 0.717) is 5.92 Å². The fourth-order valence-corrected chi connectivity index (χ4v) is 5.12. The van der Waals surface area contributed by atoms with E-state index in [1.807, 2.05) is 6.07 Å². The van der Waals surface area contributed by atoms with Crippen molar-refractivity contribution < 1.29 is 14.3 Å². The highest BCUT2D eigenvalue weighted by atomic mass is 16.5. The van der Waals surface area contributed by atoms with Gasteiger partial charge in [-0.25, -0.2) is 0 Å². The van der Waals surface area contributed by atoms with E-state index in [1.165, 1.54) is 35.1 Å². The Labute approximate surface area is 192 Å². The van der Waals surface area contributed by atoms with Crippen LogP contribution in [-0.2, 0) is 12.8 Å². The van der Waals surface area contributed by atoms with E-state index < -0.39 is 0 Å². The van der Waals surface area contributed by atoms with Crippen molar-refractivity contribution in [3.63, 3.8) is 0 Å². The normalized spacial score (nSPS) is 19.1. The van der Waals surface area contributed by atoms with Crippen LogP contribution in [0.25, 0.3) is 0 Å². The summed E-state index contributed by atoms with van der Waals surface area (Å²) in [7, 11) is 3.35. The van der Waals surface area contributed by atoms with Gasteiger partial charge in [0.25, 0.3) is 5.91 Å². The van der Waals surface area contributed by atoms with E-state index >= 15 is 0 Å². The number of benzene rings is 2. The molecule has 2 heterocycles. The number of amides is 1. The summed E-state index contributed by atoms with van der Waals surface area (Å²) >= 11 is 0. The van der Waals surface area contributed by atoms with E-state index in [-0.39, 0.29) is 5.91 Å². The first-order valence-electron chi connectivity index (χ1n) is 11.8. The molecule has 1 amide bonds. The second-order valence-electron chi connectivity index (χ2n) is 9.34. The highest BCUT2D eigenvalue weighted by Crippen LogP contribution is 2.28. The number of fused-ring (bicyclic) bond motifs is 1. The minimum atomic E-state index is 0.219. The molecule has 5 nitrogen and oxygen atoms in total. The molecule has 1 saturated heterocycles. The Balaban J connectivity index is 1.33. The molecule has 0 spiro atoms. The molecule has 172 valence electrons.